The molecule has 0 radical (unpaired) electrons. The molecular formula is C13H26O. The van der Waals surface area contributed by atoms with Crippen molar-refractivity contribution in [2.45, 2.75) is 72.1 Å². The van der Waals surface area contributed by atoms with Gasteiger partial charge in [0.15, 0.2) is 0 Å². The van der Waals surface area contributed by atoms with Crippen molar-refractivity contribution in [1.29, 1.82) is 0 Å². The lowest BCUT2D eigenvalue weighted by molar-refractivity contribution is -0.119. The lowest BCUT2D eigenvalue weighted by Gasteiger charge is -2.03. The van der Waals surface area contributed by atoms with Gasteiger partial charge in [0.05, 0.1) is 0 Å². The van der Waals surface area contributed by atoms with Crippen LogP contribution in [0.3, 0.4) is 0 Å². The Bertz CT molecular complexity index is 138. The first-order valence-corrected chi connectivity index (χ1v) is 6.18. The lowest BCUT2D eigenvalue weighted by atomic mass is 10.0. The molecule has 0 heterocycles. The molecule has 1 nitrogen and oxygen atoms in total. The molecule has 0 fully saturated rings. The van der Waals surface area contributed by atoms with Crippen LogP contribution >= 0.6 is 0 Å². The predicted octanol–water partition coefficient (Wildman–Crippen LogP) is 4.35. The van der Waals surface area contributed by atoms with E-state index in [1.807, 2.05) is 0 Å². The molecule has 0 aliphatic heterocycles. The quantitative estimate of drug-likeness (QED) is 0.503. The Hall–Kier alpha value is -0.330. The highest BCUT2D eigenvalue weighted by Gasteiger charge is 2.03. The number of unbranched alkanes of at least 4 members (excludes halogenated alkanes) is 5. The van der Waals surface area contributed by atoms with Crippen molar-refractivity contribution < 1.29 is 4.79 Å². The van der Waals surface area contributed by atoms with Gasteiger partial charge in [-0.1, -0.05) is 52.9 Å². The van der Waals surface area contributed by atoms with E-state index in [4.69, 9.17) is 0 Å². The first-order chi connectivity index (χ1) is 6.66. The molecule has 0 spiro atoms. The number of rotatable bonds is 9. The van der Waals surface area contributed by atoms with Gasteiger partial charge in [0.1, 0.15) is 5.78 Å². The first kappa shape index (κ1) is 13.7. The number of carbonyl (C=O) groups excluding carboxylic acids is 1. The summed E-state index contributed by atoms with van der Waals surface area (Å²) in [6, 6.07) is 0. The number of Topliss-reactive ketones (excluding diaryl/α,β-unsaturated/α-hetero) is 1. The van der Waals surface area contributed by atoms with Crippen LogP contribution in [-0.2, 0) is 4.79 Å². The minimum Gasteiger partial charge on any atom is -0.300 e. The molecule has 0 rings (SSSR count). The number of ketones is 1. The van der Waals surface area contributed by atoms with Gasteiger partial charge in [0.2, 0.25) is 0 Å². The SMILES string of the molecule is CCCCCCCCC(=O)CC(C)C. The van der Waals surface area contributed by atoms with Crippen LogP contribution in [0, 0.1) is 5.92 Å². The van der Waals surface area contributed by atoms with E-state index in [-0.39, 0.29) is 0 Å². The van der Waals surface area contributed by atoms with Crippen molar-refractivity contribution in [3.63, 3.8) is 0 Å². The third kappa shape index (κ3) is 9.76. The van der Waals surface area contributed by atoms with Crippen LogP contribution in [-0.4, -0.2) is 5.78 Å². The van der Waals surface area contributed by atoms with Crippen LogP contribution in [0.5, 0.6) is 0 Å². The van der Waals surface area contributed by atoms with Gasteiger partial charge in [-0.05, 0) is 12.3 Å². The summed E-state index contributed by atoms with van der Waals surface area (Å²) in [7, 11) is 0. The predicted molar refractivity (Wildman–Crippen MR) is 62.5 cm³/mol. The highest BCUT2D eigenvalue weighted by molar-refractivity contribution is 5.78. The highest BCUT2D eigenvalue weighted by atomic mass is 16.1. The second-order valence-corrected chi connectivity index (χ2v) is 4.65. The minimum absolute atomic E-state index is 0.454. The maximum Gasteiger partial charge on any atom is 0.133 e. The van der Waals surface area contributed by atoms with E-state index in [1.54, 1.807) is 0 Å². The Morgan fingerprint density at radius 1 is 1.00 bits per heavy atom. The van der Waals surface area contributed by atoms with Gasteiger partial charge >= 0.3 is 0 Å². The Morgan fingerprint density at radius 3 is 2.14 bits per heavy atom. The summed E-state index contributed by atoms with van der Waals surface area (Å²) in [6.07, 6.45) is 9.22. The van der Waals surface area contributed by atoms with E-state index in [0.717, 1.165) is 19.3 Å². The van der Waals surface area contributed by atoms with Crippen LogP contribution in [0.1, 0.15) is 72.1 Å². The Balaban J connectivity index is 3.15. The maximum absolute atomic E-state index is 11.3. The maximum atomic E-state index is 11.3. The molecule has 0 aromatic heterocycles. The molecule has 0 amide bonds. The fourth-order valence-electron chi connectivity index (χ4n) is 1.66. The minimum atomic E-state index is 0.454. The van der Waals surface area contributed by atoms with Gasteiger partial charge < -0.3 is 0 Å². The average Bonchev–Trinajstić information content (AvgIpc) is 2.10. The topological polar surface area (TPSA) is 17.1 Å². The summed E-state index contributed by atoms with van der Waals surface area (Å²) in [4.78, 5) is 11.3. The zero-order chi connectivity index (χ0) is 10.8. The molecule has 0 aromatic carbocycles. The van der Waals surface area contributed by atoms with Crippen LogP contribution in [0.4, 0.5) is 0 Å². The standard InChI is InChI=1S/C13H26O/c1-4-5-6-7-8-9-10-13(14)11-12(2)3/h12H,4-11H2,1-3H3. The largest absolute Gasteiger partial charge is 0.300 e. The Kier molecular flexibility index (Phi) is 9.02. The van der Waals surface area contributed by atoms with Crippen molar-refractivity contribution in [2.75, 3.05) is 0 Å². The lowest BCUT2D eigenvalue weighted by Crippen LogP contribution is -2.02. The monoisotopic (exact) mass is 198 g/mol. The zero-order valence-corrected chi connectivity index (χ0v) is 10.1. The van der Waals surface area contributed by atoms with E-state index >= 15 is 0 Å². The number of hydrogen-bond acceptors (Lipinski definition) is 1. The van der Waals surface area contributed by atoms with Crippen molar-refractivity contribution >= 4 is 5.78 Å². The van der Waals surface area contributed by atoms with Gasteiger partial charge in [-0.3, -0.25) is 4.79 Å². The molecule has 0 bridgehead atoms. The molecular weight excluding hydrogens is 172 g/mol. The Labute approximate surface area is 89.3 Å². The summed E-state index contributed by atoms with van der Waals surface area (Å²) in [5, 5.41) is 0. The van der Waals surface area contributed by atoms with Crippen LogP contribution in [0.15, 0.2) is 0 Å². The normalized spacial score (nSPS) is 10.9. The van der Waals surface area contributed by atoms with Crippen LogP contribution in [0.25, 0.3) is 0 Å². The van der Waals surface area contributed by atoms with Crippen molar-refractivity contribution in [1.82, 2.24) is 0 Å². The third-order valence-electron chi connectivity index (χ3n) is 2.45. The number of hydrogen-bond donors (Lipinski definition) is 0. The molecule has 0 aromatic rings. The van der Waals surface area contributed by atoms with Crippen LogP contribution in [0.2, 0.25) is 0 Å². The van der Waals surface area contributed by atoms with E-state index in [2.05, 4.69) is 20.8 Å². The van der Waals surface area contributed by atoms with Gasteiger partial charge in [0, 0.05) is 12.8 Å². The molecule has 1 heteroatoms. The van der Waals surface area contributed by atoms with E-state index < -0.39 is 0 Å². The van der Waals surface area contributed by atoms with Crippen molar-refractivity contribution in [2.24, 2.45) is 5.92 Å². The van der Waals surface area contributed by atoms with E-state index in [9.17, 15) is 4.79 Å². The Morgan fingerprint density at radius 2 is 1.57 bits per heavy atom. The van der Waals surface area contributed by atoms with E-state index in [1.165, 1.54) is 32.1 Å². The summed E-state index contributed by atoms with van der Waals surface area (Å²) in [5.74, 6) is 0.984. The smallest absolute Gasteiger partial charge is 0.133 e. The molecule has 0 saturated carbocycles. The van der Waals surface area contributed by atoms with Crippen molar-refractivity contribution in [3.8, 4) is 0 Å². The fraction of sp³-hybridized carbons (Fsp3) is 0.923. The van der Waals surface area contributed by atoms with Gasteiger partial charge in [-0.2, -0.15) is 0 Å². The molecule has 0 unspecified atom stereocenters. The number of carbonyl (C=O) groups is 1. The van der Waals surface area contributed by atoms with E-state index in [0.29, 0.717) is 11.7 Å². The second-order valence-electron chi connectivity index (χ2n) is 4.65. The van der Waals surface area contributed by atoms with Gasteiger partial charge in [-0.25, -0.2) is 0 Å². The van der Waals surface area contributed by atoms with Crippen LogP contribution < -0.4 is 0 Å². The first-order valence-electron chi connectivity index (χ1n) is 6.18. The molecule has 0 N–H and O–H groups in total. The second kappa shape index (κ2) is 9.23. The molecule has 0 aliphatic rings. The summed E-state index contributed by atoms with van der Waals surface area (Å²) in [6.45, 7) is 6.45. The molecule has 0 saturated heterocycles. The molecule has 0 aliphatic carbocycles. The van der Waals surface area contributed by atoms with Gasteiger partial charge in [0.25, 0.3) is 0 Å². The average molecular weight is 198 g/mol. The van der Waals surface area contributed by atoms with Gasteiger partial charge in [-0.15, -0.1) is 0 Å². The summed E-state index contributed by atoms with van der Waals surface area (Å²) >= 11 is 0. The molecule has 0 atom stereocenters. The zero-order valence-electron chi connectivity index (χ0n) is 10.1. The summed E-state index contributed by atoms with van der Waals surface area (Å²) < 4.78 is 0. The summed E-state index contributed by atoms with van der Waals surface area (Å²) in [5.41, 5.74) is 0. The van der Waals surface area contributed by atoms with Crippen molar-refractivity contribution in [3.05, 3.63) is 0 Å². The molecule has 84 valence electrons. The third-order valence-corrected chi connectivity index (χ3v) is 2.45. The molecule has 14 heavy (non-hydrogen) atoms. The fourth-order valence-corrected chi connectivity index (χ4v) is 1.66. The highest BCUT2D eigenvalue weighted by Crippen LogP contribution is 2.10.